The Kier molecular flexibility index (Phi) is 7.07. The van der Waals surface area contributed by atoms with Gasteiger partial charge < -0.3 is 14.6 Å². The molecule has 220 valence electrons. The molecular formula is C29H28FN9O3S. The van der Waals surface area contributed by atoms with Crippen LogP contribution in [0.3, 0.4) is 0 Å². The van der Waals surface area contributed by atoms with Gasteiger partial charge in [-0.05, 0) is 25.0 Å². The van der Waals surface area contributed by atoms with Crippen molar-refractivity contribution in [2.45, 2.75) is 25.4 Å². The molecule has 0 spiro atoms. The van der Waals surface area contributed by atoms with E-state index in [9.17, 15) is 9.59 Å². The molecule has 2 N–H and O–H groups in total. The number of aliphatic carboxylic acids is 1. The summed E-state index contributed by atoms with van der Waals surface area (Å²) in [4.78, 5) is 41.9. The predicted octanol–water partition coefficient (Wildman–Crippen LogP) is 3.27. The van der Waals surface area contributed by atoms with Crippen molar-refractivity contribution in [3.05, 3.63) is 71.8 Å². The number of carbonyl (C=O) groups is 2. The molecule has 12 nitrogen and oxygen atoms in total. The summed E-state index contributed by atoms with van der Waals surface area (Å²) in [5.74, 6) is -0.923. The number of carboxylic acids is 1. The fourth-order valence-corrected chi connectivity index (χ4v) is 6.38. The SMILES string of the molecule is O=C(O)CN1CCN(c2ccc(-c3ccc4cn(C(C(=O)Nc5nccs5)c5ncn6c5CCC6)nc4c3F)cn2)CC1. The van der Waals surface area contributed by atoms with Gasteiger partial charge in [0.05, 0.1) is 18.6 Å². The Morgan fingerprint density at radius 1 is 1.07 bits per heavy atom. The molecule has 1 fully saturated rings. The Hall–Kier alpha value is -4.69. The number of nitrogens with zero attached hydrogens (tertiary/aromatic N) is 8. The van der Waals surface area contributed by atoms with E-state index < -0.39 is 17.8 Å². The van der Waals surface area contributed by atoms with Crippen LogP contribution in [0.4, 0.5) is 15.3 Å². The quantitative estimate of drug-likeness (QED) is 0.275. The van der Waals surface area contributed by atoms with E-state index in [1.807, 2.05) is 21.6 Å². The second-order valence-corrected chi connectivity index (χ2v) is 11.5. The first-order chi connectivity index (χ1) is 20.9. The minimum Gasteiger partial charge on any atom is -0.480 e. The number of carboxylic acid groups (broad SMARTS) is 1. The third kappa shape index (κ3) is 5.23. The van der Waals surface area contributed by atoms with Crippen LogP contribution in [0.15, 0.2) is 54.6 Å². The van der Waals surface area contributed by atoms with E-state index in [1.165, 1.54) is 16.0 Å². The third-order valence-corrected chi connectivity index (χ3v) is 8.66. The number of benzene rings is 1. The number of hydrogen-bond donors (Lipinski definition) is 2. The molecule has 6 heterocycles. The molecule has 0 aliphatic carbocycles. The number of pyridine rings is 1. The molecule has 1 unspecified atom stereocenters. The van der Waals surface area contributed by atoms with Gasteiger partial charge in [-0.3, -0.25) is 24.5 Å². The lowest BCUT2D eigenvalue weighted by molar-refractivity contribution is -0.138. The molecule has 1 saturated heterocycles. The zero-order chi connectivity index (χ0) is 29.5. The first-order valence-corrected chi connectivity index (χ1v) is 14.9. The summed E-state index contributed by atoms with van der Waals surface area (Å²) in [6.07, 6.45) is 8.46. The Balaban J connectivity index is 1.17. The van der Waals surface area contributed by atoms with Crippen molar-refractivity contribution in [3.63, 3.8) is 0 Å². The number of piperazine rings is 1. The van der Waals surface area contributed by atoms with Gasteiger partial charge in [-0.25, -0.2) is 19.3 Å². The molecule has 43 heavy (non-hydrogen) atoms. The van der Waals surface area contributed by atoms with Crippen LogP contribution >= 0.6 is 11.3 Å². The summed E-state index contributed by atoms with van der Waals surface area (Å²) in [6.45, 7) is 3.46. The predicted molar refractivity (Wildman–Crippen MR) is 159 cm³/mol. The van der Waals surface area contributed by atoms with E-state index >= 15 is 4.39 Å². The number of fused-ring (bicyclic) bond motifs is 2. The average molecular weight is 602 g/mol. The van der Waals surface area contributed by atoms with Crippen molar-refractivity contribution >= 4 is 45.1 Å². The van der Waals surface area contributed by atoms with Gasteiger partial charge in [0.15, 0.2) is 17.0 Å². The maximum absolute atomic E-state index is 16.0. The van der Waals surface area contributed by atoms with Crippen molar-refractivity contribution in [2.75, 3.05) is 42.9 Å². The number of aryl methyl sites for hydroxylation is 1. The van der Waals surface area contributed by atoms with Crippen LogP contribution in [0, 0.1) is 5.82 Å². The molecule has 0 radical (unpaired) electrons. The molecule has 1 atom stereocenters. The van der Waals surface area contributed by atoms with Gasteiger partial charge in [0, 0.05) is 78.9 Å². The van der Waals surface area contributed by atoms with Gasteiger partial charge in [0.2, 0.25) is 0 Å². The maximum Gasteiger partial charge on any atom is 0.317 e. The minimum absolute atomic E-state index is 0.0272. The molecule has 5 aromatic rings. The molecule has 1 amide bonds. The molecule has 4 aromatic heterocycles. The van der Waals surface area contributed by atoms with Crippen molar-refractivity contribution in [2.24, 2.45) is 0 Å². The van der Waals surface area contributed by atoms with E-state index in [0.717, 1.165) is 30.9 Å². The van der Waals surface area contributed by atoms with Gasteiger partial charge >= 0.3 is 5.97 Å². The second kappa shape index (κ2) is 11.2. The Labute approximate surface area is 249 Å². The molecule has 7 rings (SSSR count). The van der Waals surface area contributed by atoms with Crippen molar-refractivity contribution < 1.29 is 19.1 Å². The minimum atomic E-state index is -0.898. The van der Waals surface area contributed by atoms with E-state index in [1.54, 1.807) is 42.4 Å². The van der Waals surface area contributed by atoms with Gasteiger partial charge in [-0.1, -0.05) is 12.1 Å². The van der Waals surface area contributed by atoms with Crippen LogP contribution in [0.5, 0.6) is 0 Å². The van der Waals surface area contributed by atoms with Gasteiger partial charge in [0.1, 0.15) is 11.3 Å². The summed E-state index contributed by atoms with van der Waals surface area (Å²) in [7, 11) is 0. The highest BCUT2D eigenvalue weighted by Gasteiger charge is 2.32. The smallest absolute Gasteiger partial charge is 0.317 e. The summed E-state index contributed by atoms with van der Waals surface area (Å²) >= 11 is 1.31. The highest BCUT2D eigenvalue weighted by molar-refractivity contribution is 7.13. The van der Waals surface area contributed by atoms with E-state index in [-0.39, 0.29) is 18.0 Å². The number of anilines is 2. The van der Waals surface area contributed by atoms with Crippen LogP contribution in [0.1, 0.15) is 23.9 Å². The number of halogens is 1. The lowest BCUT2D eigenvalue weighted by atomic mass is 10.1. The van der Waals surface area contributed by atoms with Crippen LogP contribution in [-0.4, -0.2) is 83.9 Å². The largest absolute Gasteiger partial charge is 0.480 e. The van der Waals surface area contributed by atoms with Crippen LogP contribution < -0.4 is 10.2 Å². The number of imidazole rings is 1. The summed E-state index contributed by atoms with van der Waals surface area (Å²) in [5, 5.41) is 19.3. The highest BCUT2D eigenvalue weighted by Crippen LogP contribution is 2.32. The fourth-order valence-electron chi connectivity index (χ4n) is 5.85. The molecule has 2 aliphatic heterocycles. The van der Waals surface area contributed by atoms with Gasteiger partial charge in [0.25, 0.3) is 5.91 Å². The third-order valence-electron chi connectivity index (χ3n) is 7.97. The second-order valence-electron chi connectivity index (χ2n) is 10.6. The molecule has 1 aromatic carbocycles. The number of carbonyl (C=O) groups excluding carboxylic acids is 1. The van der Waals surface area contributed by atoms with Crippen molar-refractivity contribution in [1.29, 1.82) is 0 Å². The first-order valence-electron chi connectivity index (χ1n) is 14.0. The summed E-state index contributed by atoms with van der Waals surface area (Å²) < 4.78 is 19.5. The first kappa shape index (κ1) is 27.2. The molecule has 2 aliphatic rings. The molecule has 0 saturated carbocycles. The maximum atomic E-state index is 16.0. The normalized spacial score (nSPS) is 16.0. The average Bonchev–Trinajstić information content (AvgIpc) is 3.81. The number of hydrogen-bond acceptors (Lipinski definition) is 9. The monoisotopic (exact) mass is 601 g/mol. The van der Waals surface area contributed by atoms with Crippen LogP contribution in [0.25, 0.3) is 22.0 Å². The van der Waals surface area contributed by atoms with Crippen LogP contribution in [0.2, 0.25) is 0 Å². The van der Waals surface area contributed by atoms with E-state index in [2.05, 4.69) is 30.3 Å². The van der Waals surface area contributed by atoms with Crippen molar-refractivity contribution in [1.82, 2.24) is 34.2 Å². The lowest BCUT2D eigenvalue weighted by Crippen LogP contribution is -2.48. The Morgan fingerprint density at radius 2 is 1.93 bits per heavy atom. The Bertz CT molecular complexity index is 1790. The van der Waals surface area contributed by atoms with Crippen LogP contribution in [-0.2, 0) is 22.6 Å². The Morgan fingerprint density at radius 3 is 2.67 bits per heavy atom. The zero-order valence-corrected chi connectivity index (χ0v) is 23.9. The number of aromatic nitrogens is 6. The molecular weight excluding hydrogens is 573 g/mol. The molecule has 14 heteroatoms. The zero-order valence-electron chi connectivity index (χ0n) is 23.1. The molecule has 0 bridgehead atoms. The van der Waals surface area contributed by atoms with Gasteiger partial charge in [-0.2, -0.15) is 5.10 Å². The fraction of sp³-hybridized carbons (Fsp3) is 0.310. The van der Waals surface area contributed by atoms with E-state index in [4.69, 9.17) is 5.11 Å². The number of rotatable bonds is 8. The number of nitrogens with one attached hydrogen (secondary N) is 1. The number of amides is 1. The van der Waals surface area contributed by atoms with E-state index in [0.29, 0.717) is 53.5 Å². The van der Waals surface area contributed by atoms with Crippen molar-refractivity contribution in [3.8, 4) is 11.1 Å². The number of thiazole rings is 1. The summed E-state index contributed by atoms with van der Waals surface area (Å²) in [5.41, 5.74) is 2.69. The lowest BCUT2D eigenvalue weighted by Gasteiger charge is -2.34. The standard InChI is InChI=1S/C29H28FN9O3S/c30-24-20(18-4-6-22(32-14-18)37-11-9-36(10-12-37)16-23(40)41)5-3-19-15-39(35-25(19)24)27(28(42)34-29-31-7-13-43-29)26-21-2-1-8-38(21)17-33-26/h3-7,13-15,17,27H,1-2,8-12,16H2,(H,40,41)(H,31,34,42). The van der Waals surface area contributed by atoms with Gasteiger partial charge in [-0.15, -0.1) is 11.3 Å². The summed E-state index contributed by atoms with van der Waals surface area (Å²) in [6, 6.07) is 6.27. The topological polar surface area (TPSA) is 134 Å². The highest BCUT2D eigenvalue weighted by atomic mass is 32.1.